The molecule has 1 rings (SSSR count). The monoisotopic (exact) mass is 116 g/mol. The Hall–Kier alpha value is -0.0800. The van der Waals surface area contributed by atoms with Gasteiger partial charge in [-0.25, -0.2) is 0 Å². The highest BCUT2D eigenvalue weighted by molar-refractivity contribution is 4.75. The van der Waals surface area contributed by atoms with Crippen molar-refractivity contribution >= 4 is 0 Å². The second-order valence-corrected chi connectivity index (χ2v) is 2.22. The molecule has 8 heavy (non-hydrogen) atoms. The minimum Gasteiger partial charge on any atom is -0.394 e. The molecule has 1 aliphatic rings. The zero-order chi connectivity index (χ0) is 5.98. The Morgan fingerprint density at radius 1 is 1.75 bits per heavy atom. The van der Waals surface area contributed by atoms with Gasteiger partial charge in [0.15, 0.2) is 0 Å². The van der Waals surface area contributed by atoms with E-state index in [-0.39, 0.29) is 12.7 Å². The van der Waals surface area contributed by atoms with E-state index in [1.54, 1.807) is 0 Å². The Labute approximate surface area is 49.5 Å². The first-order valence-corrected chi connectivity index (χ1v) is 3.11. The first-order valence-electron chi connectivity index (χ1n) is 3.11. The Bertz CT molecular complexity index is 58.9. The fourth-order valence-electron chi connectivity index (χ4n) is 0.951. The van der Waals surface area contributed by atoms with Crippen molar-refractivity contribution in [2.45, 2.75) is 19.4 Å². The lowest BCUT2D eigenvalue weighted by molar-refractivity contribution is -0.135. The van der Waals surface area contributed by atoms with Crippen LogP contribution in [0.4, 0.5) is 0 Å². The molecule has 1 saturated heterocycles. The van der Waals surface area contributed by atoms with E-state index in [2.05, 4.69) is 6.92 Å². The summed E-state index contributed by atoms with van der Waals surface area (Å²) in [4.78, 5) is 0. The maximum Gasteiger partial charge on any atom is 0.0855 e. The van der Waals surface area contributed by atoms with Crippen LogP contribution in [0.25, 0.3) is 0 Å². The summed E-state index contributed by atoms with van der Waals surface area (Å²) in [6, 6.07) is 0. The second kappa shape index (κ2) is 2.46. The smallest absolute Gasteiger partial charge is 0.0855 e. The lowest BCUT2D eigenvalue weighted by Crippen LogP contribution is -2.41. The van der Waals surface area contributed by atoms with Gasteiger partial charge in [0, 0.05) is 5.92 Å². The fraction of sp³-hybridized carbons (Fsp3) is 1.00. The van der Waals surface area contributed by atoms with Crippen molar-refractivity contribution in [1.29, 1.82) is 0 Å². The van der Waals surface area contributed by atoms with Crippen LogP contribution in [-0.4, -0.2) is 24.4 Å². The standard InChI is InChI=1S/C6H12O2/c1-2-5-4-8-6(5)3-7/h5-7H,2-4H2,1H3. The number of rotatable bonds is 2. The van der Waals surface area contributed by atoms with Crippen molar-refractivity contribution in [3.05, 3.63) is 0 Å². The van der Waals surface area contributed by atoms with Crippen LogP contribution in [0, 0.1) is 5.92 Å². The van der Waals surface area contributed by atoms with E-state index in [1.807, 2.05) is 0 Å². The zero-order valence-electron chi connectivity index (χ0n) is 5.13. The van der Waals surface area contributed by atoms with Crippen LogP contribution in [0.1, 0.15) is 13.3 Å². The summed E-state index contributed by atoms with van der Waals surface area (Å²) < 4.78 is 5.03. The molecule has 0 aliphatic carbocycles. The Balaban J connectivity index is 2.16. The van der Waals surface area contributed by atoms with Crippen LogP contribution < -0.4 is 0 Å². The summed E-state index contributed by atoms with van der Waals surface area (Å²) in [5.41, 5.74) is 0. The maximum absolute atomic E-state index is 8.56. The molecule has 2 unspecified atom stereocenters. The summed E-state index contributed by atoms with van der Waals surface area (Å²) in [5.74, 6) is 0.625. The molecule has 48 valence electrons. The fourth-order valence-corrected chi connectivity index (χ4v) is 0.951. The predicted octanol–water partition coefficient (Wildman–Crippen LogP) is 0.404. The van der Waals surface area contributed by atoms with Crippen LogP contribution in [0.3, 0.4) is 0 Å². The third-order valence-electron chi connectivity index (χ3n) is 1.75. The SMILES string of the molecule is CCC1COC1CO. The Morgan fingerprint density at radius 3 is 2.62 bits per heavy atom. The highest BCUT2D eigenvalue weighted by Crippen LogP contribution is 2.22. The van der Waals surface area contributed by atoms with Gasteiger partial charge in [0.25, 0.3) is 0 Å². The molecule has 1 heterocycles. The molecule has 2 heteroatoms. The first kappa shape index (κ1) is 6.05. The number of hydrogen-bond acceptors (Lipinski definition) is 2. The molecule has 0 aromatic rings. The van der Waals surface area contributed by atoms with Crippen molar-refractivity contribution in [2.24, 2.45) is 5.92 Å². The molecule has 2 atom stereocenters. The Morgan fingerprint density at radius 2 is 2.50 bits per heavy atom. The van der Waals surface area contributed by atoms with Crippen LogP contribution in [0.15, 0.2) is 0 Å². The molecule has 0 saturated carbocycles. The molecular weight excluding hydrogens is 104 g/mol. The molecule has 0 spiro atoms. The molecular formula is C6H12O2. The zero-order valence-corrected chi connectivity index (χ0v) is 5.13. The van der Waals surface area contributed by atoms with Gasteiger partial charge in [0.2, 0.25) is 0 Å². The average Bonchev–Trinajstić information content (AvgIpc) is 1.66. The summed E-state index contributed by atoms with van der Waals surface area (Å²) in [5, 5.41) is 8.56. The Kier molecular flexibility index (Phi) is 1.86. The predicted molar refractivity (Wildman–Crippen MR) is 30.6 cm³/mol. The van der Waals surface area contributed by atoms with E-state index < -0.39 is 0 Å². The minimum absolute atomic E-state index is 0.153. The minimum atomic E-state index is 0.153. The third-order valence-corrected chi connectivity index (χ3v) is 1.75. The molecule has 2 nitrogen and oxygen atoms in total. The van der Waals surface area contributed by atoms with E-state index in [4.69, 9.17) is 9.84 Å². The molecule has 1 aliphatic heterocycles. The van der Waals surface area contributed by atoms with Gasteiger partial charge in [0.05, 0.1) is 19.3 Å². The van der Waals surface area contributed by atoms with Gasteiger partial charge in [-0.05, 0) is 6.42 Å². The lowest BCUT2D eigenvalue weighted by Gasteiger charge is -2.34. The molecule has 0 aromatic heterocycles. The quantitative estimate of drug-likeness (QED) is 0.566. The summed E-state index contributed by atoms with van der Waals surface area (Å²) >= 11 is 0. The van der Waals surface area contributed by atoms with Gasteiger partial charge in [0.1, 0.15) is 0 Å². The molecule has 0 amide bonds. The average molecular weight is 116 g/mol. The molecule has 0 aromatic carbocycles. The van der Waals surface area contributed by atoms with Gasteiger partial charge in [-0.15, -0.1) is 0 Å². The van der Waals surface area contributed by atoms with Gasteiger partial charge in [-0.1, -0.05) is 6.92 Å². The van der Waals surface area contributed by atoms with E-state index in [0.29, 0.717) is 5.92 Å². The molecule has 0 radical (unpaired) electrons. The van der Waals surface area contributed by atoms with Crippen LogP contribution in [0.2, 0.25) is 0 Å². The molecule has 1 fully saturated rings. The number of aliphatic hydroxyl groups is 1. The topological polar surface area (TPSA) is 29.5 Å². The van der Waals surface area contributed by atoms with Crippen LogP contribution >= 0.6 is 0 Å². The molecule has 0 bridgehead atoms. The van der Waals surface area contributed by atoms with Gasteiger partial charge < -0.3 is 9.84 Å². The van der Waals surface area contributed by atoms with Gasteiger partial charge in [-0.2, -0.15) is 0 Å². The number of ether oxygens (including phenoxy) is 1. The third kappa shape index (κ3) is 0.858. The first-order chi connectivity index (χ1) is 3.88. The lowest BCUT2D eigenvalue weighted by atomic mass is 9.96. The van der Waals surface area contributed by atoms with Crippen molar-refractivity contribution in [2.75, 3.05) is 13.2 Å². The van der Waals surface area contributed by atoms with Crippen molar-refractivity contribution in [3.8, 4) is 0 Å². The van der Waals surface area contributed by atoms with E-state index >= 15 is 0 Å². The largest absolute Gasteiger partial charge is 0.394 e. The second-order valence-electron chi connectivity index (χ2n) is 2.22. The van der Waals surface area contributed by atoms with Crippen LogP contribution in [-0.2, 0) is 4.74 Å². The summed E-state index contributed by atoms with van der Waals surface area (Å²) in [6.07, 6.45) is 1.28. The number of hydrogen-bond donors (Lipinski definition) is 1. The maximum atomic E-state index is 8.56. The molecule has 1 N–H and O–H groups in total. The van der Waals surface area contributed by atoms with Gasteiger partial charge >= 0.3 is 0 Å². The highest BCUT2D eigenvalue weighted by atomic mass is 16.5. The normalized spacial score (nSPS) is 36.8. The summed E-state index contributed by atoms with van der Waals surface area (Å²) in [7, 11) is 0. The summed E-state index contributed by atoms with van der Waals surface area (Å²) in [6.45, 7) is 3.16. The van der Waals surface area contributed by atoms with Crippen molar-refractivity contribution in [3.63, 3.8) is 0 Å². The van der Waals surface area contributed by atoms with E-state index in [1.165, 1.54) is 0 Å². The highest BCUT2D eigenvalue weighted by Gasteiger charge is 2.29. The van der Waals surface area contributed by atoms with Crippen molar-refractivity contribution < 1.29 is 9.84 Å². The van der Waals surface area contributed by atoms with Crippen molar-refractivity contribution in [1.82, 2.24) is 0 Å². The van der Waals surface area contributed by atoms with E-state index in [0.717, 1.165) is 13.0 Å². The van der Waals surface area contributed by atoms with E-state index in [9.17, 15) is 0 Å². The van der Waals surface area contributed by atoms with Gasteiger partial charge in [-0.3, -0.25) is 0 Å². The number of aliphatic hydroxyl groups excluding tert-OH is 1. The van der Waals surface area contributed by atoms with Crippen LogP contribution in [0.5, 0.6) is 0 Å².